The van der Waals surface area contributed by atoms with Gasteiger partial charge in [-0.05, 0) is 39.0 Å². The zero-order valence-corrected chi connectivity index (χ0v) is 20.8. The first-order valence-corrected chi connectivity index (χ1v) is 11.2. The molecule has 14 nitrogen and oxygen atoms in total. The lowest BCUT2D eigenvalue weighted by Crippen LogP contribution is -2.59. The van der Waals surface area contributed by atoms with E-state index < -0.39 is 91.7 Å². The van der Waals surface area contributed by atoms with Crippen LogP contribution >= 0.6 is 0 Å². The Morgan fingerprint density at radius 3 is 1.84 bits per heavy atom. The van der Waals surface area contributed by atoms with Crippen LogP contribution in [0.25, 0.3) is 0 Å². The Kier molecular flexibility index (Phi) is 10.4. The van der Waals surface area contributed by atoms with E-state index in [1.54, 1.807) is 0 Å². The highest BCUT2D eigenvalue weighted by molar-refractivity contribution is 5.95. The van der Waals surface area contributed by atoms with E-state index in [0.29, 0.717) is 0 Å². The van der Waals surface area contributed by atoms with Gasteiger partial charge in [-0.3, -0.25) is 28.8 Å². The van der Waals surface area contributed by atoms with Crippen molar-refractivity contribution in [3.8, 4) is 5.75 Å². The number of nitrogens with two attached hydrogens (primary N) is 1. The fraction of sp³-hybridized carbons (Fsp3) is 0.458. The van der Waals surface area contributed by atoms with Gasteiger partial charge in [0, 0.05) is 5.69 Å². The molecule has 0 bridgehead atoms. The second-order valence-electron chi connectivity index (χ2n) is 8.45. The van der Waals surface area contributed by atoms with Gasteiger partial charge >= 0.3 is 23.9 Å². The van der Waals surface area contributed by atoms with Gasteiger partial charge in [0.1, 0.15) is 47.9 Å². The van der Waals surface area contributed by atoms with Crippen LogP contribution in [0.5, 0.6) is 5.75 Å². The lowest BCUT2D eigenvalue weighted by atomic mass is 10.0. The standard InChI is InChI=1S/C24H27NO13/c1-11(26)6-18(29)35-17-10-34-24(36-16-5-4-14(25)9-15(16)23(32)33)22(38-20(31)8-13(3)28)21(17)37-19(30)7-12(2)27/h4-5,9,17,21-22,24H,6-8,10,25H2,1-3H3,(H,32,33)/t17-,21+,22-,24?/m1/s1. The molecule has 0 saturated carbocycles. The number of carboxylic acid groups (broad SMARTS) is 1. The smallest absolute Gasteiger partial charge is 0.339 e. The summed E-state index contributed by atoms with van der Waals surface area (Å²) in [4.78, 5) is 82.9. The number of esters is 3. The summed E-state index contributed by atoms with van der Waals surface area (Å²) >= 11 is 0. The molecule has 1 aromatic carbocycles. The maximum atomic E-state index is 12.4. The Bertz CT molecular complexity index is 1130. The van der Waals surface area contributed by atoms with E-state index in [2.05, 4.69) is 0 Å². The topological polar surface area (TPSA) is 212 Å². The van der Waals surface area contributed by atoms with Crippen molar-refractivity contribution < 1.29 is 62.4 Å². The van der Waals surface area contributed by atoms with Crippen LogP contribution in [0, 0.1) is 0 Å². The summed E-state index contributed by atoms with van der Waals surface area (Å²) in [5.41, 5.74) is 5.38. The number of carbonyl (C=O) groups excluding carboxylic acids is 6. The molecule has 0 aliphatic carbocycles. The van der Waals surface area contributed by atoms with Gasteiger partial charge in [-0.2, -0.15) is 0 Å². The highest BCUT2D eigenvalue weighted by Gasteiger charge is 2.49. The Balaban J connectivity index is 2.47. The molecule has 1 aliphatic heterocycles. The van der Waals surface area contributed by atoms with Crippen LogP contribution in [0.1, 0.15) is 50.4 Å². The highest BCUT2D eigenvalue weighted by atomic mass is 16.7. The lowest BCUT2D eigenvalue weighted by molar-refractivity contribution is -0.261. The van der Waals surface area contributed by atoms with E-state index in [1.165, 1.54) is 12.1 Å². The zero-order valence-electron chi connectivity index (χ0n) is 20.8. The van der Waals surface area contributed by atoms with Gasteiger partial charge in [-0.25, -0.2) is 4.79 Å². The number of ether oxygens (including phenoxy) is 5. The monoisotopic (exact) mass is 537 g/mol. The third-order valence-corrected chi connectivity index (χ3v) is 4.86. The first kappa shape index (κ1) is 29.9. The number of anilines is 1. The van der Waals surface area contributed by atoms with Gasteiger partial charge in [0.15, 0.2) is 12.2 Å². The van der Waals surface area contributed by atoms with Crippen molar-refractivity contribution in [1.82, 2.24) is 0 Å². The van der Waals surface area contributed by atoms with E-state index in [4.69, 9.17) is 29.4 Å². The number of nitrogen functional groups attached to an aromatic ring is 1. The second-order valence-corrected chi connectivity index (χ2v) is 8.45. The van der Waals surface area contributed by atoms with Crippen molar-refractivity contribution in [2.75, 3.05) is 12.3 Å². The Hall–Kier alpha value is -4.33. The maximum Gasteiger partial charge on any atom is 0.339 e. The molecule has 1 fully saturated rings. The molecular weight excluding hydrogens is 510 g/mol. The molecule has 0 spiro atoms. The van der Waals surface area contributed by atoms with Crippen LogP contribution in [0.2, 0.25) is 0 Å². The third kappa shape index (κ3) is 8.96. The SMILES string of the molecule is CC(=O)CC(=O)O[C@H]1[C@H](OC(=O)CC(C)=O)COC(Oc2ccc(N)cc2C(=O)O)[C@@H]1OC(=O)CC(C)=O. The molecule has 1 unspecified atom stereocenters. The molecule has 2 rings (SSSR count). The normalized spacial score (nSPS) is 20.5. The van der Waals surface area contributed by atoms with Crippen molar-refractivity contribution >= 4 is 46.9 Å². The highest BCUT2D eigenvalue weighted by Crippen LogP contribution is 2.30. The fourth-order valence-electron chi connectivity index (χ4n) is 3.36. The van der Waals surface area contributed by atoms with Crippen molar-refractivity contribution in [3.05, 3.63) is 23.8 Å². The largest absolute Gasteiger partial charge is 0.478 e. The summed E-state index contributed by atoms with van der Waals surface area (Å²) in [6.45, 7) is 2.88. The summed E-state index contributed by atoms with van der Waals surface area (Å²) in [6.07, 6.45) is -8.38. The maximum absolute atomic E-state index is 12.4. The molecule has 3 N–H and O–H groups in total. The molecule has 1 aromatic rings. The average molecular weight is 537 g/mol. The van der Waals surface area contributed by atoms with Crippen molar-refractivity contribution in [2.45, 2.75) is 64.6 Å². The van der Waals surface area contributed by atoms with E-state index >= 15 is 0 Å². The average Bonchev–Trinajstić information content (AvgIpc) is 2.76. The Labute approximate surface area is 216 Å². The quantitative estimate of drug-likeness (QED) is 0.160. The molecule has 1 saturated heterocycles. The van der Waals surface area contributed by atoms with E-state index in [9.17, 15) is 38.7 Å². The van der Waals surface area contributed by atoms with Crippen LogP contribution in [-0.4, -0.2) is 77.5 Å². The number of carbonyl (C=O) groups is 7. The summed E-state index contributed by atoms with van der Waals surface area (Å²) in [5.74, 6) is -6.46. The molecule has 38 heavy (non-hydrogen) atoms. The van der Waals surface area contributed by atoms with Gasteiger partial charge in [-0.1, -0.05) is 0 Å². The summed E-state index contributed by atoms with van der Waals surface area (Å²) in [6, 6.07) is 3.65. The zero-order chi connectivity index (χ0) is 28.6. The molecule has 0 radical (unpaired) electrons. The first-order valence-electron chi connectivity index (χ1n) is 11.2. The van der Waals surface area contributed by atoms with Gasteiger partial charge in [0.25, 0.3) is 0 Å². The van der Waals surface area contributed by atoms with Gasteiger partial charge in [-0.15, -0.1) is 0 Å². The number of rotatable bonds is 12. The molecule has 0 amide bonds. The summed E-state index contributed by atoms with van der Waals surface area (Å²) in [7, 11) is 0. The fourth-order valence-corrected chi connectivity index (χ4v) is 3.36. The van der Waals surface area contributed by atoms with Crippen LogP contribution in [0.15, 0.2) is 18.2 Å². The minimum Gasteiger partial charge on any atom is -0.478 e. The Morgan fingerprint density at radius 1 is 0.842 bits per heavy atom. The van der Waals surface area contributed by atoms with Gasteiger partial charge < -0.3 is 34.5 Å². The second kappa shape index (κ2) is 13.3. The van der Waals surface area contributed by atoms with Gasteiger partial charge in [0.2, 0.25) is 12.4 Å². The molecule has 1 aliphatic rings. The predicted molar refractivity (Wildman–Crippen MR) is 124 cm³/mol. The number of benzene rings is 1. The molecule has 4 atom stereocenters. The molecule has 1 heterocycles. The number of hydrogen-bond acceptors (Lipinski definition) is 13. The lowest BCUT2D eigenvalue weighted by Gasteiger charge is -2.40. The number of aromatic carboxylic acids is 1. The summed E-state index contributed by atoms with van der Waals surface area (Å²) in [5, 5.41) is 9.51. The van der Waals surface area contributed by atoms with E-state index in [0.717, 1.165) is 26.8 Å². The number of ketones is 3. The first-order chi connectivity index (χ1) is 17.8. The van der Waals surface area contributed by atoms with Crippen molar-refractivity contribution in [3.63, 3.8) is 0 Å². The minimum absolute atomic E-state index is 0.109. The third-order valence-electron chi connectivity index (χ3n) is 4.86. The number of hydrogen-bond donors (Lipinski definition) is 2. The Morgan fingerprint density at radius 2 is 1.34 bits per heavy atom. The van der Waals surface area contributed by atoms with Crippen LogP contribution < -0.4 is 10.5 Å². The van der Waals surface area contributed by atoms with Crippen LogP contribution in [-0.2, 0) is 47.7 Å². The van der Waals surface area contributed by atoms with Crippen molar-refractivity contribution in [1.29, 1.82) is 0 Å². The minimum atomic E-state index is -1.71. The van der Waals surface area contributed by atoms with Gasteiger partial charge in [0.05, 0.1) is 6.61 Å². The predicted octanol–water partition coefficient (Wildman–Crippen LogP) is 0.375. The van der Waals surface area contributed by atoms with E-state index in [1.807, 2.05) is 0 Å². The molecule has 206 valence electrons. The number of carboxylic acids is 1. The number of Topliss-reactive ketones (excluding diaryl/α,β-unsaturated/α-hetero) is 3. The molecule has 14 heteroatoms. The van der Waals surface area contributed by atoms with Crippen LogP contribution in [0.3, 0.4) is 0 Å². The molecule has 0 aromatic heterocycles. The van der Waals surface area contributed by atoms with Crippen LogP contribution in [0.4, 0.5) is 5.69 Å². The van der Waals surface area contributed by atoms with Crippen molar-refractivity contribution in [2.24, 2.45) is 0 Å². The molecular formula is C24H27NO13. The van der Waals surface area contributed by atoms with E-state index in [-0.39, 0.29) is 17.0 Å². The summed E-state index contributed by atoms with van der Waals surface area (Å²) < 4.78 is 27.1.